The molecule has 54 valence electrons. The SMILES string of the molecule is Cc1ccc(CBr)c(O)c1. The second-order valence-corrected chi connectivity index (χ2v) is 2.83. The van der Waals surface area contributed by atoms with Crippen molar-refractivity contribution < 1.29 is 5.11 Å². The van der Waals surface area contributed by atoms with E-state index < -0.39 is 0 Å². The van der Waals surface area contributed by atoms with Gasteiger partial charge in [-0.25, -0.2) is 0 Å². The third-order valence-electron chi connectivity index (χ3n) is 1.38. The van der Waals surface area contributed by atoms with Crippen molar-refractivity contribution in [1.82, 2.24) is 0 Å². The van der Waals surface area contributed by atoms with E-state index in [0.29, 0.717) is 11.1 Å². The summed E-state index contributed by atoms with van der Waals surface area (Å²) < 4.78 is 0. The summed E-state index contributed by atoms with van der Waals surface area (Å²) in [6.45, 7) is 1.96. The molecule has 0 radical (unpaired) electrons. The Balaban J connectivity index is 3.07. The molecule has 1 rings (SSSR count). The molecule has 1 aromatic carbocycles. The van der Waals surface area contributed by atoms with Crippen molar-refractivity contribution in [3.05, 3.63) is 29.3 Å². The molecule has 0 aliphatic carbocycles. The summed E-state index contributed by atoms with van der Waals surface area (Å²) in [6.07, 6.45) is 0. The average molecular weight is 201 g/mol. The first kappa shape index (κ1) is 7.61. The van der Waals surface area contributed by atoms with E-state index in [9.17, 15) is 5.11 Å². The zero-order valence-corrected chi connectivity index (χ0v) is 7.35. The number of aryl methyl sites for hydroxylation is 1. The lowest BCUT2D eigenvalue weighted by Crippen LogP contribution is -1.79. The highest BCUT2D eigenvalue weighted by atomic mass is 79.9. The fourth-order valence-corrected chi connectivity index (χ4v) is 1.26. The first-order valence-electron chi connectivity index (χ1n) is 3.08. The van der Waals surface area contributed by atoms with Gasteiger partial charge in [0.05, 0.1) is 0 Å². The molecule has 0 spiro atoms. The summed E-state index contributed by atoms with van der Waals surface area (Å²) >= 11 is 3.27. The molecule has 2 heteroatoms. The van der Waals surface area contributed by atoms with Gasteiger partial charge >= 0.3 is 0 Å². The van der Waals surface area contributed by atoms with Crippen LogP contribution in [0.15, 0.2) is 18.2 Å². The second-order valence-electron chi connectivity index (χ2n) is 2.27. The van der Waals surface area contributed by atoms with Crippen LogP contribution in [0.5, 0.6) is 5.75 Å². The molecule has 0 saturated carbocycles. The highest BCUT2D eigenvalue weighted by Crippen LogP contribution is 2.20. The lowest BCUT2D eigenvalue weighted by atomic mass is 10.1. The van der Waals surface area contributed by atoms with Crippen LogP contribution >= 0.6 is 15.9 Å². The van der Waals surface area contributed by atoms with Gasteiger partial charge in [0.25, 0.3) is 0 Å². The van der Waals surface area contributed by atoms with Crippen LogP contribution in [0.3, 0.4) is 0 Å². The van der Waals surface area contributed by atoms with Crippen LogP contribution in [-0.4, -0.2) is 5.11 Å². The molecule has 1 aromatic rings. The topological polar surface area (TPSA) is 20.2 Å². The zero-order chi connectivity index (χ0) is 7.56. The van der Waals surface area contributed by atoms with E-state index >= 15 is 0 Å². The van der Waals surface area contributed by atoms with Crippen LogP contribution in [0, 0.1) is 6.92 Å². The van der Waals surface area contributed by atoms with Crippen molar-refractivity contribution >= 4 is 15.9 Å². The van der Waals surface area contributed by atoms with Gasteiger partial charge in [-0.1, -0.05) is 28.1 Å². The molecule has 10 heavy (non-hydrogen) atoms. The number of rotatable bonds is 1. The maximum atomic E-state index is 9.26. The minimum absolute atomic E-state index is 0.372. The monoisotopic (exact) mass is 200 g/mol. The first-order chi connectivity index (χ1) is 4.74. The van der Waals surface area contributed by atoms with E-state index in [0.717, 1.165) is 11.1 Å². The molecule has 0 bridgehead atoms. The normalized spacial score (nSPS) is 9.80. The number of phenols is 1. The third kappa shape index (κ3) is 1.51. The molecule has 0 aliphatic rings. The molecule has 0 amide bonds. The van der Waals surface area contributed by atoms with Crippen molar-refractivity contribution in [2.45, 2.75) is 12.3 Å². The molecule has 0 aromatic heterocycles. The maximum Gasteiger partial charge on any atom is 0.119 e. The van der Waals surface area contributed by atoms with E-state index in [1.807, 2.05) is 19.1 Å². The first-order valence-corrected chi connectivity index (χ1v) is 4.20. The molecule has 1 N–H and O–H groups in total. The van der Waals surface area contributed by atoms with Crippen molar-refractivity contribution in [1.29, 1.82) is 0 Å². The van der Waals surface area contributed by atoms with Crippen LogP contribution in [0.1, 0.15) is 11.1 Å². The van der Waals surface area contributed by atoms with Crippen molar-refractivity contribution in [2.75, 3.05) is 0 Å². The minimum Gasteiger partial charge on any atom is -0.508 e. The van der Waals surface area contributed by atoms with Gasteiger partial charge in [0.1, 0.15) is 5.75 Å². The Kier molecular flexibility index (Phi) is 2.33. The summed E-state index contributed by atoms with van der Waals surface area (Å²) in [5, 5.41) is 9.97. The van der Waals surface area contributed by atoms with Gasteiger partial charge in [0.2, 0.25) is 0 Å². The van der Waals surface area contributed by atoms with Crippen LogP contribution in [-0.2, 0) is 5.33 Å². The summed E-state index contributed by atoms with van der Waals surface area (Å²) in [4.78, 5) is 0. The Hall–Kier alpha value is -0.500. The van der Waals surface area contributed by atoms with E-state index in [1.165, 1.54) is 0 Å². The van der Waals surface area contributed by atoms with Crippen LogP contribution in [0.25, 0.3) is 0 Å². The molecule has 0 unspecified atom stereocenters. The number of alkyl halides is 1. The molecular weight excluding hydrogens is 192 g/mol. The molecular formula is C8H9BrO. The predicted molar refractivity (Wildman–Crippen MR) is 45.5 cm³/mol. The van der Waals surface area contributed by atoms with Crippen molar-refractivity contribution in [3.8, 4) is 5.75 Å². The number of phenolic OH excluding ortho intramolecular Hbond substituents is 1. The predicted octanol–water partition coefficient (Wildman–Crippen LogP) is 2.60. The molecule has 0 saturated heterocycles. The standard InChI is InChI=1S/C8H9BrO/c1-6-2-3-7(5-9)8(10)4-6/h2-4,10H,5H2,1H3. The Labute approximate surface area is 68.8 Å². The lowest BCUT2D eigenvalue weighted by molar-refractivity contribution is 0.470. The largest absolute Gasteiger partial charge is 0.508 e. The summed E-state index contributed by atoms with van der Waals surface area (Å²) in [6, 6.07) is 5.66. The Morgan fingerprint density at radius 1 is 1.50 bits per heavy atom. The minimum atomic E-state index is 0.372. The number of aromatic hydroxyl groups is 1. The van der Waals surface area contributed by atoms with Gasteiger partial charge in [0, 0.05) is 10.9 Å². The second kappa shape index (κ2) is 3.06. The molecule has 1 nitrogen and oxygen atoms in total. The maximum absolute atomic E-state index is 9.26. The quantitative estimate of drug-likeness (QED) is 0.692. The number of hydrogen-bond acceptors (Lipinski definition) is 1. The van der Waals surface area contributed by atoms with Gasteiger partial charge in [-0.3, -0.25) is 0 Å². The number of hydrogen-bond donors (Lipinski definition) is 1. The summed E-state index contributed by atoms with van der Waals surface area (Å²) in [5.74, 6) is 0.372. The van der Waals surface area contributed by atoms with Gasteiger partial charge in [0.15, 0.2) is 0 Å². The highest BCUT2D eigenvalue weighted by Gasteiger charge is 1.96. The lowest BCUT2D eigenvalue weighted by Gasteiger charge is -1.99. The molecule has 0 fully saturated rings. The molecule has 0 atom stereocenters. The summed E-state index contributed by atoms with van der Waals surface area (Å²) in [7, 11) is 0. The smallest absolute Gasteiger partial charge is 0.119 e. The third-order valence-corrected chi connectivity index (χ3v) is 1.99. The highest BCUT2D eigenvalue weighted by molar-refractivity contribution is 9.08. The Morgan fingerprint density at radius 3 is 2.70 bits per heavy atom. The molecule has 0 aliphatic heterocycles. The van der Waals surface area contributed by atoms with Gasteiger partial charge < -0.3 is 5.11 Å². The van der Waals surface area contributed by atoms with Crippen molar-refractivity contribution in [2.24, 2.45) is 0 Å². The average Bonchev–Trinajstić information content (AvgIpc) is 1.88. The van der Waals surface area contributed by atoms with E-state index in [1.54, 1.807) is 6.07 Å². The van der Waals surface area contributed by atoms with E-state index in [4.69, 9.17) is 0 Å². The number of benzene rings is 1. The van der Waals surface area contributed by atoms with E-state index in [2.05, 4.69) is 15.9 Å². The van der Waals surface area contributed by atoms with Crippen LogP contribution in [0.2, 0.25) is 0 Å². The van der Waals surface area contributed by atoms with Gasteiger partial charge in [-0.15, -0.1) is 0 Å². The zero-order valence-electron chi connectivity index (χ0n) is 5.76. The molecule has 0 heterocycles. The van der Waals surface area contributed by atoms with E-state index in [-0.39, 0.29) is 0 Å². The fraction of sp³-hybridized carbons (Fsp3) is 0.250. The summed E-state index contributed by atoms with van der Waals surface area (Å²) in [5.41, 5.74) is 2.02. The van der Waals surface area contributed by atoms with Crippen LogP contribution < -0.4 is 0 Å². The van der Waals surface area contributed by atoms with Crippen LogP contribution in [0.4, 0.5) is 0 Å². The Bertz CT molecular complexity index is 233. The number of halogens is 1. The van der Waals surface area contributed by atoms with Gasteiger partial charge in [-0.2, -0.15) is 0 Å². The van der Waals surface area contributed by atoms with Gasteiger partial charge in [-0.05, 0) is 18.6 Å². The Morgan fingerprint density at radius 2 is 2.20 bits per heavy atom. The van der Waals surface area contributed by atoms with Crippen molar-refractivity contribution in [3.63, 3.8) is 0 Å². The fourth-order valence-electron chi connectivity index (χ4n) is 0.787.